The van der Waals surface area contributed by atoms with Crippen LogP contribution in [0.2, 0.25) is 5.02 Å². The van der Waals surface area contributed by atoms with Crippen LogP contribution in [0.25, 0.3) is 0 Å². The number of aromatic nitrogens is 3. The fraction of sp³-hybridized carbons (Fsp3) is 0.360. The summed E-state index contributed by atoms with van der Waals surface area (Å²) in [6.07, 6.45) is 5.10. The molecule has 1 unspecified atom stereocenters. The number of hydrogen-bond donors (Lipinski definition) is 2. The molecule has 9 heteroatoms. The van der Waals surface area contributed by atoms with Crippen molar-refractivity contribution in [1.29, 1.82) is 0 Å². The summed E-state index contributed by atoms with van der Waals surface area (Å²) in [6.45, 7) is 7.37. The number of rotatable bonds is 6. The molecule has 2 amide bonds. The summed E-state index contributed by atoms with van der Waals surface area (Å²) in [5.41, 5.74) is 3.29. The van der Waals surface area contributed by atoms with Crippen molar-refractivity contribution >= 4 is 40.6 Å². The lowest BCUT2D eigenvalue weighted by atomic mass is 10.1. The van der Waals surface area contributed by atoms with Crippen LogP contribution < -0.4 is 15.5 Å². The minimum atomic E-state index is -0.497. The molecule has 1 aliphatic heterocycles. The molecular formula is C25H29ClN6O2. The average Bonchev–Trinajstić information content (AvgIpc) is 3.18. The van der Waals surface area contributed by atoms with Gasteiger partial charge in [0, 0.05) is 30.7 Å². The number of carbonyl (C=O) groups is 2. The zero-order valence-corrected chi connectivity index (χ0v) is 20.4. The lowest BCUT2D eigenvalue weighted by Gasteiger charge is -2.29. The molecule has 2 N–H and O–H groups in total. The average molecular weight is 481 g/mol. The Bertz CT molecular complexity index is 1200. The summed E-state index contributed by atoms with van der Waals surface area (Å²) in [5, 5.41) is 10.5. The van der Waals surface area contributed by atoms with Crippen LogP contribution in [0.15, 0.2) is 42.6 Å². The molecule has 0 saturated carbocycles. The van der Waals surface area contributed by atoms with Crippen molar-refractivity contribution in [2.45, 2.75) is 46.1 Å². The standard InChI is InChI=1S/C25H29ClN6O2/c1-16-14-17(2)32(30-16)18(3)24(33)29-22-10-9-19(15-21(22)26)28-25(34)20-8-7-11-27-23(20)31-12-5-4-6-13-31/h7-11,14-15,18H,4-6,12-13H2,1-3H3,(H,28,34)(H,29,33). The molecule has 0 aliphatic carbocycles. The van der Waals surface area contributed by atoms with E-state index in [9.17, 15) is 9.59 Å². The maximum Gasteiger partial charge on any atom is 0.259 e. The summed E-state index contributed by atoms with van der Waals surface area (Å²) in [6, 6.07) is 9.99. The summed E-state index contributed by atoms with van der Waals surface area (Å²) >= 11 is 6.43. The summed E-state index contributed by atoms with van der Waals surface area (Å²) in [4.78, 5) is 32.4. The predicted molar refractivity (Wildman–Crippen MR) is 135 cm³/mol. The number of amides is 2. The number of hydrogen-bond acceptors (Lipinski definition) is 5. The first kappa shape index (κ1) is 23.8. The zero-order valence-electron chi connectivity index (χ0n) is 19.6. The molecule has 178 valence electrons. The van der Waals surface area contributed by atoms with Gasteiger partial charge in [-0.2, -0.15) is 5.10 Å². The van der Waals surface area contributed by atoms with E-state index in [4.69, 9.17) is 11.6 Å². The fourth-order valence-electron chi connectivity index (χ4n) is 4.21. The molecule has 8 nitrogen and oxygen atoms in total. The Morgan fingerprint density at radius 1 is 1.06 bits per heavy atom. The van der Waals surface area contributed by atoms with E-state index in [2.05, 4.69) is 25.6 Å². The maximum absolute atomic E-state index is 13.0. The summed E-state index contributed by atoms with van der Waals surface area (Å²) < 4.78 is 1.68. The van der Waals surface area contributed by atoms with E-state index in [1.807, 2.05) is 19.9 Å². The van der Waals surface area contributed by atoms with Gasteiger partial charge in [-0.3, -0.25) is 14.3 Å². The van der Waals surface area contributed by atoms with E-state index in [0.717, 1.165) is 37.3 Å². The van der Waals surface area contributed by atoms with E-state index in [1.165, 1.54) is 6.42 Å². The van der Waals surface area contributed by atoms with Gasteiger partial charge in [0.15, 0.2) is 0 Å². The number of nitrogens with one attached hydrogen (secondary N) is 2. The van der Waals surface area contributed by atoms with Crippen LogP contribution >= 0.6 is 11.6 Å². The molecule has 0 radical (unpaired) electrons. The first-order valence-electron chi connectivity index (χ1n) is 11.5. The topological polar surface area (TPSA) is 92.2 Å². The van der Waals surface area contributed by atoms with Gasteiger partial charge in [-0.1, -0.05) is 11.6 Å². The van der Waals surface area contributed by atoms with Gasteiger partial charge in [0.25, 0.3) is 5.91 Å². The highest BCUT2D eigenvalue weighted by atomic mass is 35.5. The van der Waals surface area contributed by atoms with E-state index in [1.54, 1.807) is 48.1 Å². The third-order valence-corrected chi connectivity index (χ3v) is 6.28. The molecule has 1 saturated heterocycles. The van der Waals surface area contributed by atoms with Crippen LogP contribution in [0.4, 0.5) is 17.2 Å². The summed E-state index contributed by atoms with van der Waals surface area (Å²) in [7, 11) is 0. The second-order valence-electron chi connectivity index (χ2n) is 8.61. The van der Waals surface area contributed by atoms with Gasteiger partial charge in [-0.05, 0) is 76.4 Å². The van der Waals surface area contributed by atoms with Gasteiger partial charge < -0.3 is 15.5 Å². The lowest BCUT2D eigenvalue weighted by molar-refractivity contribution is -0.119. The smallest absolute Gasteiger partial charge is 0.259 e. The van der Waals surface area contributed by atoms with E-state index in [-0.39, 0.29) is 11.8 Å². The Morgan fingerprint density at radius 2 is 1.82 bits per heavy atom. The Kier molecular flexibility index (Phi) is 7.17. The molecule has 0 spiro atoms. The quantitative estimate of drug-likeness (QED) is 0.518. The van der Waals surface area contributed by atoms with Crippen LogP contribution in [0.3, 0.4) is 0 Å². The molecule has 0 bridgehead atoms. The highest BCUT2D eigenvalue weighted by Gasteiger charge is 2.21. The highest BCUT2D eigenvalue weighted by Crippen LogP contribution is 2.28. The molecule has 1 aromatic carbocycles. The molecule has 4 rings (SSSR count). The van der Waals surface area contributed by atoms with Crippen LogP contribution in [0.1, 0.15) is 54.0 Å². The molecule has 2 aromatic heterocycles. The van der Waals surface area contributed by atoms with Crippen molar-refractivity contribution in [2.24, 2.45) is 0 Å². The van der Waals surface area contributed by atoms with Crippen LogP contribution in [-0.2, 0) is 4.79 Å². The Labute approximate surface area is 204 Å². The van der Waals surface area contributed by atoms with Crippen molar-refractivity contribution in [1.82, 2.24) is 14.8 Å². The van der Waals surface area contributed by atoms with Crippen molar-refractivity contribution < 1.29 is 9.59 Å². The third-order valence-electron chi connectivity index (χ3n) is 5.96. The van der Waals surface area contributed by atoms with Crippen molar-refractivity contribution in [3.63, 3.8) is 0 Å². The monoisotopic (exact) mass is 480 g/mol. The lowest BCUT2D eigenvalue weighted by Crippen LogP contribution is -2.32. The number of piperidine rings is 1. The van der Waals surface area contributed by atoms with E-state index < -0.39 is 6.04 Å². The molecule has 1 aliphatic rings. The zero-order chi connectivity index (χ0) is 24.2. The van der Waals surface area contributed by atoms with Gasteiger partial charge in [0.1, 0.15) is 11.9 Å². The van der Waals surface area contributed by atoms with Gasteiger partial charge in [-0.25, -0.2) is 4.98 Å². The van der Waals surface area contributed by atoms with Gasteiger partial charge in [0.2, 0.25) is 5.91 Å². The van der Waals surface area contributed by atoms with Crippen LogP contribution in [0, 0.1) is 13.8 Å². The molecule has 3 aromatic rings. The first-order chi connectivity index (χ1) is 16.3. The SMILES string of the molecule is Cc1cc(C)n(C(C)C(=O)Nc2ccc(NC(=O)c3cccnc3N3CCCCC3)cc2Cl)n1. The van der Waals surface area contributed by atoms with Crippen LogP contribution in [0.5, 0.6) is 0 Å². The number of aryl methyl sites for hydroxylation is 2. The van der Waals surface area contributed by atoms with Gasteiger partial charge >= 0.3 is 0 Å². The van der Waals surface area contributed by atoms with Crippen molar-refractivity contribution in [3.05, 3.63) is 64.6 Å². The Balaban J connectivity index is 1.45. The number of carbonyl (C=O) groups excluding carboxylic acids is 2. The fourth-order valence-corrected chi connectivity index (χ4v) is 4.44. The molecule has 3 heterocycles. The normalized spacial score (nSPS) is 14.5. The van der Waals surface area contributed by atoms with Crippen molar-refractivity contribution in [2.75, 3.05) is 28.6 Å². The van der Waals surface area contributed by atoms with E-state index in [0.29, 0.717) is 27.8 Å². The summed E-state index contributed by atoms with van der Waals surface area (Å²) in [5.74, 6) is 0.221. The number of halogens is 1. The number of anilines is 3. The number of nitrogens with zero attached hydrogens (tertiary/aromatic N) is 4. The van der Waals surface area contributed by atoms with Crippen molar-refractivity contribution in [3.8, 4) is 0 Å². The number of benzene rings is 1. The van der Waals surface area contributed by atoms with Crippen LogP contribution in [-0.4, -0.2) is 39.7 Å². The highest BCUT2D eigenvalue weighted by molar-refractivity contribution is 6.34. The minimum Gasteiger partial charge on any atom is -0.356 e. The molecular weight excluding hydrogens is 452 g/mol. The Morgan fingerprint density at radius 3 is 2.50 bits per heavy atom. The van der Waals surface area contributed by atoms with Gasteiger partial charge in [-0.15, -0.1) is 0 Å². The first-order valence-corrected chi connectivity index (χ1v) is 11.9. The van der Waals surface area contributed by atoms with E-state index >= 15 is 0 Å². The molecule has 1 atom stereocenters. The second kappa shape index (κ2) is 10.3. The largest absolute Gasteiger partial charge is 0.356 e. The Hall–Kier alpha value is -3.39. The number of pyridine rings is 1. The maximum atomic E-state index is 13.0. The molecule has 1 fully saturated rings. The van der Waals surface area contributed by atoms with Gasteiger partial charge in [0.05, 0.1) is 22.0 Å². The minimum absolute atomic E-state index is 0.230. The second-order valence-corrected chi connectivity index (χ2v) is 9.02. The molecule has 34 heavy (non-hydrogen) atoms. The third kappa shape index (κ3) is 5.22. The predicted octanol–water partition coefficient (Wildman–Crippen LogP) is 4.99.